The summed E-state index contributed by atoms with van der Waals surface area (Å²) in [6, 6.07) is 18.1. The molecule has 2 aromatic rings. The second-order valence-corrected chi connectivity index (χ2v) is 6.93. The van der Waals surface area contributed by atoms with Gasteiger partial charge in [0.15, 0.2) is 0 Å². The Bertz CT molecular complexity index is 611. The van der Waals surface area contributed by atoms with Crippen LogP contribution in [0.4, 0.5) is 0 Å². The van der Waals surface area contributed by atoms with Gasteiger partial charge in [-0.1, -0.05) is 63.2 Å². The molecular formula is C20H25NO. The van der Waals surface area contributed by atoms with Crippen LogP contribution in [0.15, 0.2) is 54.6 Å². The number of hydrogen-bond acceptors (Lipinski definition) is 1. The van der Waals surface area contributed by atoms with E-state index in [4.69, 9.17) is 0 Å². The Labute approximate surface area is 133 Å². The van der Waals surface area contributed by atoms with Crippen molar-refractivity contribution < 1.29 is 4.79 Å². The van der Waals surface area contributed by atoms with Gasteiger partial charge in [0.1, 0.15) is 0 Å². The van der Waals surface area contributed by atoms with Gasteiger partial charge in [-0.25, -0.2) is 0 Å². The zero-order chi connectivity index (χ0) is 16.0. The molecule has 0 saturated heterocycles. The van der Waals surface area contributed by atoms with E-state index in [1.807, 2.05) is 36.4 Å². The van der Waals surface area contributed by atoms with Crippen molar-refractivity contribution in [3.63, 3.8) is 0 Å². The van der Waals surface area contributed by atoms with Gasteiger partial charge in [0.25, 0.3) is 5.91 Å². The largest absolute Gasteiger partial charge is 0.352 e. The van der Waals surface area contributed by atoms with Crippen LogP contribution < -0.4 is 5.32 Å². The van der Waals surface area contributed by atoms with Crippen molar-refractivity contribution >= 4 is 5.91 Å². The van der Waals surface area contributed by atoms with E-state index in [9.17, 15) is 4.79 Å². The SMILES string of the molecule is CC(C)(C)Cc1cccc(C(=O)NCCc2ccccc2)c1. The zero-order valence-electron chi connectivity index (χ0n) is 13.7. The maximum atomic E-state index is 12.2. The third-order valence-electron chi connectivity index (χ3n) is 3.47. The molecule has 0 fully saturated rings. The highest BCUT2D eigenvalue weighted by Crippen LogP contribution is 2.21. The van der Waals surface area contributed by atoms with Crippen LogP contribution in [0.2, 0.25) is 0 Å². The van der Waals surface area contributed by atoms with Crippen molar-refractivity contribution in [1.29, 1.82) is 0 Å². The van der Waals surface area contributed by atoms with Crippen LogP contribution in [0, 0.1) is 5.41 Å². The van der Waals surface area contributed by atoms with Gasteiger partial charge < -0.3 is 5.32 Å². The molecule has 0 aliphatic rings. The highest BCUT2D eigenvalue weighted by Gasteiger charge is 2.12. The smallest absolute Gasteiger partial charge is 0.251 e. The number of hydrogen-bond donors (Lipinski definition) is 1. The Kier molecular flexibility index (Phi) is 5.37. The molecule has 0 unspecified atom stereocenters. The van der Waals surface area contributed by atoms with Gasteiger partial charge in [0.05, 0.1) is 0 Å². The van der Waals surface area contributed by atoms with Gasteiger partial charge in [-0.05, 0) is 41.5 Å². The lowest BCUT2D eigenvalue weighted by atomic mass is 9.87. The molecule has 0 saturated carbocycles. The average Bonchev–Trinajstić information content (AvgIpc) is 2.47. The van der Waals surface area contributed by atoms with Crippen molar-refractivity contribution in [2.75, 3.05) is 6.54 Å². The van der Waals surface area contributed by atoms with E-state index >= 15 is 0 Å². The van der Waals surface area contributed by atoms with E-state index in [0.29, 0.717) is 6.54 Å². The highest BCUT2D eigenvalue weighted by atomic mass is 16.1. The van der Waals surface area contributed by atoms with Crippen molar-refractivity contribution in [2.45, 2.75) is 33.6 Å². The Morgan fingerprint density at radius 2 is 1.64 bits per heavy atom. The summed E-state index contributed by atoms with van der Waals surface area (Å²) in [5, 5.41) is 3.00. The molecule has 2 nitrogen and oxygen atoms in total. The summed E-state index contributed by atoms with van der Waals surface area (Å²) >= 11 is 0. The minimum Gasteiger partial charge on any atom is -0.352 e. The highest BCUT2D eigenvalue weighted by molar-refractivity contribution is 5.94. The van der Waals surface area contributed by atoms with E-state index in [-0.39, 0.29) is 11.3 Å². The molecule has 2 aromatic carbocycles. The number of benzene rings is 2. The van der Waals surface area contributed by atoms with Gasteiger partial charge in [-0.3, -0.25) is 4.79 Å². The third kappa shape index (κ3) is 5.36. The Balaban J connectivity index is 1.91. The maximum absolute atomic E-state index is 12.2. The lowest BCUT2D eigenvalue weighted by Gasteiger charge is -2.18. The minimum absolute atomic E-state index is 0.00619. The number of carbonyl (C=O) groups excluding carboxylic acids is 1. The first-order chi connectivity index (χ1) is 10.4. The number of nitrogens with one attached hydrogen (secondary N) is 1. The quantitative estimate of drug-likeness (QED) is 0.878. The molecule has 0 aromatic heterocycles. The van der Waals surface area contributed by atoms with Crippen molar-refractivity contribution in [2.24, 2.45) is 5.41 Å². The van der Waals surface area contributed by atoms with Crippen LogP contribution in [-0.4, -0.2) is 12.5 Å². The monoisotopic (exact) mass is 295 g/mol. The summed E-state index contributed by atoms with van der Waals surface area (Å²) in [5.41, 5.74) is 3.42. The molecule has 0 spiro atoms. The van der Waals surface area contributed by atoms with Gasteiger partial charge in [0, 0.05) is 12.1 Å². The molecule has 0 bridgehead atoms. The van der Waals surface area contributed by atoms with E-state index in [1.54, 1.807) is 0 Å². The predicted molar refractivity (Wildman–Crippen MR) is 92.1 cm³/mol. The standard InChI is InChI=1S/C20H25NO/c1-20(2,3)15-17-10-7-11-18(14-17)19(22)21-13-12-16-8-5-4-6-9-16/h4-11,14H,12-13,15H2,1-3H3,(H,21,22). The summed E-state index contributed by atoms with van der Waals surface area (Å²) in [4.78, 5) is 12.2. The van der Waals surface area contributed by atoms with Crippen molar-refractivity contribution in [1.82, 2.24) is 5.32 Å². The van der Waals surface area contributed by atoms with Crippen LogP contribution in [-0.2, 0) is 12.8 Å². The fourth-order valence-corrected chi connectivity index (χ4v) is 2.50. The first kappa shape index (κ1) is 16.3. The van der Waals surface area contributed by atoms with E-state index in [2.05, 4.69) is 44.3 Å². The fourth-order valence-electron chi connectivity index (χ4n) is 2.50. The topological polar surface area (TPSA) is 29.1 Å². The molecular weight excluding hydrogens is 270 g/mol. The van der Waals surface area contributed by atoms with Gasteiger partial charge in [-0.15, -0.1) is 0 Å². The Morgan fingerprint density at radius 1 is 0.955 bits per heavy atom. The summed E-state index contributed by atoms with van der Waals surface area (Å²) in [6.45, 7) is 7.28. The number of rotatable bonds is 5. The Morgan fingerprint density at radius 3 is 2.32 bits per heavy atom. The van der Waals surface area contributed by atoms with Crippen LogP contribution >= 0.6 is 0 Å². The minimum atomic E-state index is 0.00619. The molecule has 2 rings (SSSR count). The first-order valence-corrected chi connectivity index (χ1v) is 7.85. The molecule has 1 N–H and O–H groups in total. The van der Waals surface area contributed by atoms with Crippen molar-refractivity contribution in [3.05, 3.63) is 71.3 Å². The fraction of sp³-hybridized carbons (Fsp3) is 0.350. The second-order valence-electron chi connectivity index (χ2n) is 6.93. The van der Waals surface area contributed by atoms with E-state index in [1.165, 1.54) is 11.1 Å². The lowest BCUT2D eigenvalue weighted by molar-refractivity contribution is 0.0954. The normalized spacial score (nSPS) is 11.2. The predicted octanol–water partition coefficient (Wildman–Crippen LogP) is 4.25. The number of carbonyl (C=O) groups is 1. The van der Waals surface area contributed by atoms with Crippen molar-refractivity contribution in [3.8, 4) is 0 Å². The molecule has 116 valence electrons. The Hall–Kier alpha value is -2.09. The number of amides is 1. The first-order valence-electron chi connectivity index (χ1n) is 7.85. The maximum Gasteiger partial charge on any atom is 0.251 e. The summed E-state index contributed by atoms with van der Waals surface area (Å²) in [7, 11) is 0. The van der Waals surface area contributed by atoms with Crippen LogP contribution in [0.5, 0.6) is 0 Å². The molecule has 0 heterocycles. The molecule has 0 aliphatic heterocycles. The average molecular weight is 295 g/mol. The third-order valence-corrected chi connectivity index (χ3v) is 3.47. The molecule has 2 heteroatoms. The van der Waals surface area contributed by atoms with Crippen LogP contribution in [0.25, 0.3) is 0 Å². The van der Waals surface area contributed by atoms with Crippen LogP contribution in [0.3, 0.4) is 0 Å². The molecule has 0 aliphatic carbocycles. The van der Waals surface area contributed by atoms with Gasteiger partial charge in [0.2, 0.25) is 0 Å². The summed E-state index contributed by atoms with van der Waals surface area (Å²) in [5.74, 6) is 0.00619. The molecule has 1 amide bonds. The second kappa shape index (κ2) is 7.26. The van der Waals surface area contributed by atoms with E-state index < -0.39 is 0 Å². The summed E-state index contributed by atoms with van der Waals surface area (Å²) < 4.78 is 0. The van der Waals surface area contributed by atoms with E-state index in [0.717, 1.165) is 18.4 Å². The molecule has 0 radical (unpaired) electrons. The van der Waals surface area contributed by atoms with Gasteiger partial charge in [-0.2, -0.15) is 0 Å². The molecule has 0 atom stereocenters. The van der Waals surface area contributed by atoms with Gasteiger partial charge >= 0.3 is 0 Å². The van der Waals surface area contributed by atoms with Crippen LogP contribution in [0.1, 0.15) is 42.3 Å². The molecule has 22 heavy (non-hydrogen) atoms. The zero-order valence-corrected chi connectivity index (χ0v) is 13.7. The summed E-state index contributed by atoms with van der Waals surface area (Å²) in [6.07, 6.45) is 1.83. The lowest BCUT2D eigenvalue weighted by Crippen LogP contribution is -2.25.